The van der Waals surface area contributed by atoms with E-state index in [0.717, 1.165) is 0 Å². The number of nitrogens with zero attached hydrogens (tertiary/aromatic N) is 1. The van der Waals surface area contributed by atoms with Crippen LogP contribution in [0.3, 0.4) is 0 Å². The van der Waals surface area contributed by atoms with Gasteiger partial charge in [-0.1, -0.05) is 0 Å². The number of sulfonamides is 1. The molecular weight excluding hydrogens is 424 g/mol. The molecule has 0 saturated carbocycles. The maximum Gasteiger partial charge on any atom is 0.264 e. The molecule has 0 unspecified atom stereocenters. The highest BCUT2D eigenvalue weighted by atomic mass is 32.2. The summed E-state index contributed by atoms with van der Waals surface area (Å²) in [5.41, 5.74) is 1.42. The molecule has 0 saturated heterocycles. The number of hydrogen-bond donors (Lipinski definition) is 3. The summed E-state index contributed by atoms with van der Waals surface area (Å²) >= 11 is 5.08. The van der Waals surface area contributed by atoms with Crippen LogP contribution in [-0.4, -0.2) is 39.6 Å². The average molecular weight is 451 g/mol. The number of thiocarbonyl (C=S) groups is 1. The van der Waals surface area contributed by atoms with E-state index in [-0.39, 0.29) is 15.9 Å². The van der Waals surface area contributed by atoms with Gasteiger partial charge >= 0.3 is 0 Å². The van der Waals surface area contributed by atoms with Crippen molar-refractivity contribution in [2.24, 2.45) is 0 Å². The molecule has 162 valence electrons. The van der Waals surface area contributed by atoms with Crippen molar-refractivity contribution in [3.8, 4) is 5.75 Å². The number of rotatable bonds is 8. The fourth-order valence-corrected chi connectivity index (χ4v) is 4.40. The fraction of sp³-hybridized carbons (Fsp3) is 0.300. The summed E-state index contributed by atoms with van der Waals surface area (Å²) in [7, 11) is -2.37. The molecule has 0 radical (unpaired) electrons. The normalized spacial score (nSPS) is 10.8. The van der Waals surface area contributed by atoms with Crippen LogP contribution in [0.2, 0.25) is 0 Å². The van der Waals surface area contributed by atoms with Crippen molar-refractivity contribution in [1.29, 1.82) is 0 Å². The van der Waals surface area contributed by atoms with Crippen LogP contribution in [0.4, 0.5) is 17.1 Å². The van der Waals surface area contributed by atoms with Gasteiger partial charge in [0.2, 0.25) is 5.91 Å². The predicted octanol–water partition coefficient (Wildman–Crippen LogP) is 3.18. The van der Waals surface area contributed by atoms with Gasteiger partial charge in [-0.3, -0.25) is 9.52 Å². The van der Waals surface area contributed by atoms with Crippen LogP contribution in [-0.2, 0) is 14.8 Å². The number of benzene rings is 2. The summed E-state index contributed by atoms with van der Waals surface area (Å²) < 4.78 is 34.2. The van der Waals surface area contributed by atoms with Gasteiger partial charge in [0.25, 0.3) is 10.0 Å². The molecule has 0 fully saturated rings. The second kappa shape index (κ2) is 10.3. The number of methoxy groups -OCH3 is 1. The Morgan fingerprint density at radius 2 is 1.67 bits per heavy atom. The first-order valence-electron chi connectivity index (χ1n) is 9.34. The van der Waals surface area contributed by atoms with Crippen molar-refractivity contribution in [2.75, 3.05) is 35.1 Å². The first-order chi connectivity index (χ1) is 14.2. The summed E-state index contributed by atoms with van der Waals surface area (Å²) in [6.07, 6.45) is 0. The molecule has 0 aliphatic rings. The van der Waals surface area contributed by atoms with Gasteiger partial charge in [-0.25, -0.2) is 8.42 Å². The Balaban J connectivity index is 2.44. The first-order valence-corrected chi connectivity index (χ1v) is 11.2. The molecule has 3 N–H and O–H groups in total. The van der Waals surface area contributed by atoms with Crippen LogP contribution in [0, 0.1) is 0 Å². The van der Waals surface area contributed by atoms with E-state index in [9.17, 15) is 13.2 Å². The van der Waals surface area contributed by atoms with Crippen LogP contribution in [0.5, 0.6) is 5.75 Å². The largest absolute Gasteiger partial charge is 0.497 e. The number of carbonyl (C=O) groups is 1. The third kappa shape index (κ3) is 6.07. The molecule has 0 spiro atoms. The zero-order valence-electron chi connectivity index (χ0n) is 17.4. The molecule has 8 nitrogen and oxygen atoms in total. The summed E-state index contributed by atoms with van der Waals surface area (Å²) in [6.45, 7) is 6.52. The highest BCUT2D eigenvalue weighted by Gasteiger charge is 2.22. The van der Waals surface area contributed by atoms with E-state index in [0.29, 0.717) is 35.9 Å². The smallest absolute Gasteiger partial charge is 0.264 e. The number of ether oxygens (including phenoxy) is 1. The molecule has 0 aliphatic carbocycles. The quantitative estimate of drug-likeness (QED) is 0.531. The minimum atomic E-state index is -3.91. The van der Waals surface area contributed by atoms with Gasteiger partial charge in [0, 0.05) is 31.4 Å². The predicted molar refractivity (Wildman–Crippen MR) is 124 cm³/mol. The van der Waals surface area contributed by atoms with Gasteiger partial charge < -0.3 is 20.3 Å². The van der Waals surface area contributed by atoms with E-state index < -0.39 is 10.0 Å². The Hall–Kier alpha value is -2.85. The van der Waals surface area contributed by atoms with Crippen LogP contribution >= 0.6 is 12.2 Å². The molecule has 1 amide bonds. The fourth-order valence-electron chi connectivity index (χ4n) is 2.82. The van der Waals surface area contributed by atoms with Crippen LogP contribution in [0.15, 0.2) is 47.4 Å². The minimum Gasteiger partial charge on any atom is -0.497 e. The maximum atomic E-state index is 13.2. The lowest BCUT2D eigenvalue weighted by Gasteiger charge is -2.25. The summed E-state index contributed by atoms with van der Waals surface area (Å²) in [5, 5.41) is 5.38. The lowest BCUT2D eigenvalue weighted by molar-refractivity contribution is -0.117. The molecular formula is C20H26N4O4S2. The van der Waals surface area contributed by atoms with Crippen molar-refractivity contribution in [3.63, 3.8) is 0 Å². The van der Waals surface area contributed by atoms with Crippen molar-refractivity contribution in [2.45, 2.75) is 25.7 Å². The van der Waals surface area contributed by atoms with E-state index in [4.69, 9.17) is 17.0 Å². The van der Waals surface area contributed by atoms with E-state index in [1.807, 2.05) is 18.7 Å². The highest BCUT2D eigenvalue weighted by Crippen LogP contribution is 2.30. The van der Waals surface area contributed by atoms with Crippen molar-refractivity contribution in [3.05, 3.63) is 42.5 Å². The third-order valence-electron chi connectivity index (χ3n) is 4.24. The lowest BCUT2D eigenvalue weighted by atomic mass is 10.2. The zero-order valence-corrected chi connectivity index (χ0v) is 19.0. The van der Waals surface area contributed by atoms with Crippen LogP contribution in [0.25, 0.3) is 0 Å². The monoisotopic (exact) mass is 450 g/mol. The van der Waals surface area contributed by atoms with Crippen LogP contribution in [0.1, 0.15) is 20.8 Å². The summed E-state index contributed by atoms with van der Waals surface area (Å²) in [5.74, 6) is 0.306. The topological polar surface area (TPSA) is 99.8 Å². The van der Waals surface area contributed by atoms with Crippen LogP contribution < -0.4 is 25.0 Å². The molecule has 2 aromatic carbocycles. The Morgan fingerprint density at radius 1 is 1.07 bits per heavy atom. The molecule has 2 rings (SSSR count). The summed E-state index contributed by atoms with van der Waals surface area (Å²) in [4.78, 5) is 13.2. The Kier molecular flexibility index (Phi) is 8.01. The average Bonchev–Trinajstić information content (AvgIpc) is 2.69. The molecule has 30 heavy (non-hydrogen) atoms. The van der Waals surface area contributed by atoms with Gasteiger partial charge in [0.1, 0.15) is 10.6 Å². The second-order valence-corrected chi connectivity index (χ2v) is 8.38. The van der Waals surface area contributed by atoms with Gasteiger partial charge in [0.05, 0.1) is 12.8 Å². The third-order valence-corrected chi connectivity index (χ3v) is 5.86. The van der Waals surface area contributed by atoms with Crippen molar-refractivity contribution in [1.82, 2.24) is 5.32 Å². The molecule has 2 aromatic rings. The van der Waals surface area contributed by atoms with E-state index in [2.05, 4.69) is 15.4 Å². The van der Waals surface area contributed by atoms with Gasteiger partial charge in [-0.2, -0.15) is 0 Å². The molecule has 0 aliphatic heterocycles. The standard InChI is InChI=1S/C20H26N4O4S2/c1-5-24(6-2)18-12-9-16(22-20(29)21-14(3)25)13-19(18)30(26,27)23-15-7-10-17(28-4)11-8-15/h7-13,23H,5-6H2,1-4H3,(H2,21,22,25,29). The molecule has 0 bridgehead atoms. The Morgan fingerprint density at radius 3 is 2.20 bits per heavy atom. The number of nitrogens with one attached hydrogen (secondary N) is 3. The first kappa shape index (κ1) is 23.4. The van der Waals surface area contributed by atoms with Crippen molar-refractivity contribution >= 4 is 50.3 Å². The molecule has 10 heteroatoms. The highest BCUT2D eigenvalue weighted by molar-refractivity contribution is 7.93. The second-order valence-electron chi connectivity index (χ2n) is 6.32. The maximum absolute atomic E-state index is 13.2. The number of amides is 1. The van der Waals surface area contributed by atoms with E-state index >= 15 is 0 Å². The Labute approximate surface area is 182 Å². The number of anilines is 3. The number of carbonyl (C=O) groups excluding carboxylic acids is 1. The number of hydrogen-bond acceptors (Lipinski definition) is 6. The zero-order chi connectivity index (χ0) is 22.3. The van der Waals surface area contributed by atoms with Gasteiger partial charge in [-0.15, -0.1) is 0 Å². The van der Waals surface area contributed by atoms with Crippen molar-refractivity contribution < 1.29 is 17.9 Å². The van der Waals surface area contributed by atoms with Gasteiger partial charge in [0.15, 0.2) is 5.11 Å². The molecule has 0 atom stereocenters. The molecule has 0 heterocycles. The van der Waals surface area contributed by atoms with Gasteiger partial charge in [-0.05, 0) is 68.5 Å². The lowest BCUT2D eigenvalue weighted by Crippen LogP contribution is -2.32. The van der Waals surface area contributed by atoms with E-state index in [1.165, 1.54) is 13.0 Å². The SMILES string of the molecule is CCN(CC)c1ccc(NC(=S)NC(C)=O)cc1S(=O)(=O)Nc1ccc(OC)cc1. The Bertz CT molecular complexity index is 1000. The molecule has 0 aromatic heterocycles. The minimum absolute atomic E-state index is 0.0875. The summed E-state index contributed by atoms with van der Waals surface area (Å²) in [6, 6.07) is 11.5. The van der Waals surface area contributed by atoms with E-state index in [1.54, 1.807) is 43.5 Å².